The number of nitrogens with one attached hydrogen (secondary N) is 1. The summed E-state index contributed by atoms with van der Waals surface area (Å²) in [6.45, 7) is 18.9. The zero-order valence-electron chi connectivity index (χ0n) is 14.2. The van der Waals surface area contributed by atoms with Crippen LogP contribution in [0.1, 0.15) is 50.8 Å². The molecule has 1 aromatic carbocycles. The summed E-state index contributed by atoms with van der Waals surface area (Å²) < 4.78 is 0. The van der Waals surface area contributed by atoms with Crippen LogP contribution < -0.4 is 0 Å². The zero-order chi connectivity index (χ0) is 16.4. The number of nitrogens with zero attached hydrogens (tertiary/aromatic N) is 1. The van der Waals surface area contributed by atoms with Crippen molar-refractivity contribution in [1.29, 1.82) is 0 Å². The molecule has 1 aromatic heterocycles. The number of H-pyrrole nitrogens is 1. The quantitative estimate of drug-likeness (QED) is 0.535. The van der Waals surface area contributed by atoms with Crippen LogP contribution in [0.3, 0.4) is 0 Å². The standard InChI is InChI=1S/C21H24N2/c1-6-21(4)12-11-14-17(19(21)22-5)16-13-9-7-8-10-15(13)23-18(16)20(14,2)3/h6-10,14,17,19,23H,1,11-12H2,2-4H3/t14-,17-,19+,21+/m0/s1. The Bertz CT molecular complexity index is 835. The Hall–Kier alpha value is -2.01. The molecule has 2 heteroatoms. The van der Waals surface area contributed by atoms with Crippen LogP contribution in [0.15, 0.2) is 36.9 Å². The second-order valence-electron chi connectivity index (χ2n) is 8.14. The Morgan fingerprint density at radius 1 is 1.30 bits per heavy atom. The van der Waals surface area contributed by atoms with Crippen molar-refractivity contribution >= 4 is 10.9 Å². The van der Waals surface area contributed by atoms with Crippen LogP contribution in [0.4, 0.5) is 0 Å². The van der Waals surface area contributed by atoms with Crippen molar-refractivity contribution in [3.8, 4) is 0 Å². The van der Waals surface area contributed by atoms with Gasteiger partial charge in [-0.1, -0.05) is 38.1 Å². The number of para-hydroxylation sites is 1. The lowest BCUT2D eigenvalue weighted by atomic mass is 9.59. The van der Waals surface area contributed by atoms with Gasteiger partial charge in [0.1, 0.15) is 0 Å². The monoisotopic (exact) mass is 304 g/mol. The van der Waals surface area contributed by atoms with E-state index < -0.39 is 0 Å². The Balaban J connectivity index is 2.00. The molecule has 0 amide bonds. The van der Waals surface area contributed by atoms with E-state index >= 15 is 0 Å². The average Bonchev–Trinajstić information content (AvgIpc) is 3.02. The minimum Gasteiger partial charge on any atom is -0.358 e. The largest absolute Gasteiger partial charge is 0.358 e. The van der Waals surface area contributed by atoms with Gasteiger partial charge in [-0.2, -0.15) is 0 Å². The molecule has 2 aromatic rings. The van der Waals surface area contributed by atoms with Crippen molar-refractivity contribution in [2.75, 3.05) is 0 Å². The van der Waals surface area contributed by atoms with Gasteiger partial charge in [0.15, 0.2) is 0 Å². The number of aromatic amines is 1. The smallest absolute Gasteiger partial charge is 0.239 e. The molecule has 4 atom stereocenters. The SMILES string of the molecule is [C-]#[N+][C@@H]1[C@@H]2c3c([nH]c4ccccc34)C(C)(C)[C@H]2CC[C@@]1(C)C=C. The average molecular weight is 304 g/mol. The molecule has 118 valence electrons. The molecule has 0 saturated heterocycles. The topological polar surface area (TPSA) is 20.1 Å². The highest BCUT2D eigenvalue weighted by Crippen LogP contribution is 2.62. The summed E-state index contributed by atoms with van der Waals surface area (Å²) in [5, 5.41) is 1.31. The molecule has 1 N–H and O–H groups in total. The van der Waals surface area contributed by atoms with E-state index in [2.05, 4.69) is 61.4 Å². The molecule has 2 aliphatic rings. The summed E-state index contributed by atoms with van der Waals surface area (Å²) in [4.78, 5) is 7.81. The van der Waals surface area contributed by atoms with Crippen LogP contribution in [0, 0.1) is 17.9 Å². The van der Waals surface area contributed by atoms with Crippen molar-refractivity contribution < 1.29 is 0 Å². The van der Waals surface area contributed by atoms with E-state index in [1.165, 1.54) is 28.6 Å². The fourth-order valence-electron chi connectivity index (χ4n) is 5.25. The van der Waals surface area contributed by atoms with Crippen LogP contribution in [-0.2, 0) is 5.41 Å². The van der Waals surface area contributed by atoms with Crippen molar-refractivity contribution in [3.05, 3.63) is 59.6 Å². The van der Waals surface area contributed by atoms with E-state index in [4.69, 9.17) is 6.57 Å². The Morgan fingerprint density at radius 3 is 2.74 bits per heavy atom. The zero-order valence-corrected chi connectivity index (χ0v) is 14.2. The Morgan fingerprint density at radius 2 is 2.04 bits per heavy atom. The minimum absolute atomic E-state index is 0.0153. The fraction of sp³-hybridized carbons (Fsp3) is 0.476. The summed E-state index contributed by atoms with van der Waals surface area (Å²) in [6, 6.07) is 8.54. The van der Waals surface area contributed by atoms with E-state index in [0.717, 1.165) is 6.42 Å². The van der Waals surface area contributed by atoms with Gasteiger partial charge in [-0.25, -0.2) is 6.57 Å². The van der Waals surface area contributed by atoms with E-state index in [-0.39, 0.29) is 16.9 Å². The summed E-state index contributed by atoms with van der Waals surface area (Å²) in [5.41, 5.74) is 3.99. The minimum atomic E-state index is -0.0843. The number of fused-ring (bicyclic) bond motifs is 5. The molecule has 0 spiro atoms. The van der Waals surface area contributed by atoms with E-state index in [9.17, 15) is 0 Å². The van der Waals surface area contributed by atoms with E-state index in [0.29, 0.717) is 11.8 Å². The van der Waals surface area contributed by atoms with Crippen LogP contribution >= 0.6 is 0 Å². The highest BCUT2D eigenvalue weighted by atomic mass is 14.9. The Labute approximate surface area is 138 Å². The van der Waals surface area contributed by atoms with E-state index in [1.807, 2.05) is 6.08 Å². The van der Waals surface area contributed by atoms with Crippen molar-refractivity contribution in [3.63, 3.8) is 0 Å². The first-order valence-electron chi connectivity index (χ1n) is 8.55. The molecule has 4 rings (SSSR count). The highest BCUT2D eigenvalue weighted by Gasteiger charge is 2.60. The Kier molecular flexibility index (Phi) is 2.86. The van der Waals surface area contributed by atoms with Gasteiger partial charge >= 0.3 is 0 Å². The van der Waals surface area contributed by atoms with Gasteiger partial charge in [-0.3, -0.25) is 0 Å². The van der Waals surface area contributed by atoms with Crippen LogP contribution in [-0.4, -0.2) is 11.0 Å². The van der Waals surface area contributed by atoms with Crippen LogP contribution in [0.25, 0.3) is 15.7 Å². The summed E-state index contributed by atoms with van der Waals surface area (Å²) in [5.74, 6) is 0.853. The molecule has 1 heterocycles. The van der Waals surface area contributed by atoms with Gasteiger partial charge in [0, 0.05) is 22.0 Å². The molecule has 1 saturated carbocycles. The molecule has 0 radical (unpaired) electrons. The number of hydrogen-bond acceptors (Lipinski definition) is 0. The van der Waals surface area contributed by atoms with E-state index in [1.54, 1.807) is 0 Å². The number of hydrogen-bond donors (Lipinski definition) is 1. The van der Waals surface area contributed by atoms with Crippen molar-refractivity contribution in [2.24, 2.45) is 11.3 Å². The molecule has 2 nitrogen and oxygen atoms in total. The molecule has 2 aliphatic carbocycles. The highest BCUT2D eigenvalue weighted by molar-refractivity contribution is 5.87. The van der Waals surface area contributed by atoms with Gasteiger partial charge in [0.2, 0.25) is 6.04 Å². The molecule has 1 fully saturated rings. The third-order valence-corrected chi connectivity index (χ3v) is 6.70. The summed E-state index contributed by atoms with van der Waals surface area (Å²) in [7, 11) is 0. The van der Waals surface area contributed by atoms with Gasteiger partial charge in [-0.05, 0) is 37.3 Å². The number of aromatic nitrogens is 1. The maximum atomic E-state index is 7.91. The number of benzene rings is 1. The van der Waals surface area contributed by atoms with Gasteiger partial charge < -0.3 is 9.83 Å². The van der Waals surface area contributed by atoms with Gasteiger partial charge in [0.25, 0.3) is 0 Å². The predicted octanol–water partition coefficient (Wildman–Crippen LogP) is 5.43. The lowest BCUT2D eigenvalue weighted by Crippen LogP contribution is -2.43. The molecule has 0 bridgehead atoms. The first-order chi connectivity index (χ1) is 10.9. The first-order valence-corrected chi connectivity index (χ1v) is 8.55. The van der Waals surface area contributed by atoms with Crippen molar-refractivity contribution in [1.82, 2.24) is 4.98 Å². The van der Waals surface area contributed by atoms with Gasteiger partial charge in [-0.15, -0.1) is 6.58 Å². The second kappa shape index (κ2) is 4.51. The maximum absolute atomic E-state index is 7.91. The van der Waals surface area contributed by atoms with Crippen LogP contribution in [0.2, 0.25) is 0 Å². The number of rotatable bonds is 1. The summed E-state index contributed by atoms with van der Waals surface area (Å²) >= 11 is 0. The summed E-state index contributed by atoms with van der Waals surface area (Å²) in [6.07, 6.45) is 4.27. The first kappa shape index (κ1) is 14.6. The molecule has 0 unspecified atom stereocenters. The molecule has 23 heavy (non-hydrogen) atoms. The molecular weight excluding hydrogens is 280 g/mol. The normalized spacial score (nSPS) is 34.6. The third kappa shape index (κ3) is 1.68. The molecular formula is C21H24N2. The lowest BCUT2D eigenvalue weighted by molar-refractivity contribution is 0.142. The van der Waals surface area contributed by atoms with Gasteiger partial charge in [0.05, 0.1) is 11.3 Å². The molecule has 0 aliphatic heterocycles. The van der Waals surface area contributed by atoms with Crippen LogP contribution in [0.5, 0.6) is 0 Å². The third-order valence-electron chi connectivity index (χ3n) is 6.70. The maximum Gasteiger partial charge on any atom is 0.239 e. The lowest BCUT2D eigenvalue weighted by Gasteiger charge is -2.42. The predicted molar refractivity (Wildman–Crippen MR) is 95.5 cm³/mol. The second-order valence-corrected chi connectivity index (χ2v) is 8.14. The fourth-order valence-corrected chi connectivity index (χ4v) is 5.25. The van der Waals surface area contributed by atoms with Crippen molar-refractivity contribution in [2.45, 2.75) is 51.0 Å².